The van der Waals surface area contributed by atoms with Gasteiger partial charge in [-0.25, -0.2) is 9.97 Å². The first kappa shape index (κ1) is 26.5. The largest absolute Gasteiger partial charge is 0.397 e. The highest BCUT2D eigenvalue weighted by Crippen LogP contribution is 2.30. The Kier molecular flexibility index (Phi) is 7.12. The highest BCUT2D eigenvalue weighted by molar-refractivity contribution is 7.14. The summed E-state index contributed by atoms with van der Waals surface area (Å²) in [6.45, 7) is 5.16. The number of aromatic nitrogens is 3. The van der Waals surface area contributed by atoms with Crippen LogP contribution in [-0.4, -0.2) is 69.2 Å². The number of amides is 2. The maximum absolute atomic E-state index is 13.1. The predicted molar refractivity (Wildman–Crippen MR) is 163 cm³/mol. The van der Waals surface area contributed by atoms with Crippen molar-refractivity contribution in [1.29, 1.82) is 0 Å². The number of carbonyl (C=O) groups is 2. The molecule has 0 unspecified atom stereocenters. The molecule has 1 aliphatic rings. The highest BCUT2D eigenvalue weighted by Gasteiger charge is 2.22. The average Bonchev–Trinajstić information content (AvgIpc) is 3.56. The molecule has 10 nitrogen and oxygen atoms in total. The van der Waals surface area contributed by atoms with Crippen LogP contribution in [0.1, 0.15) is 26.4 Å². The number of para-hydroxylation sites is 2. The number of hydrogen-bond donors (Lipinski definition) is 3. The summed E-state index contributed by atoms with van der Waals surface area (Å²) in [5.74, 6) is -0.196. The zero-order chi connectivity index (χ0) is 28.5. The molecule has 0 bridgehead atoms. The zero-order valence-corrected chi connectivity index (χ0v) is 23.6. The van der Waals surface area contributed by atoms with Gasteiger partial charge in [-0.3, -0.25) is 14.0 Å². The van der Waals surface area contributed by atoms with Crippen LogP contribution >= 0.6 is 11.3 Å². The molecule has 41 heavy (non-hydrogen) atoms. The minimum atomic E-state index is -0.234. The zero-order valence-electron chi connectivity index (χ0n) is 22.8. The summed E-state index contributed by atoms with van der Waals surface area (Å²) in [7, 11) is 2.07. The van der Waals surface area contributed by atoms with E-state index in [9.17, 15) is 9.59 Å². The number of hydrogen-bond acceptors (Lipinski definition) is 8. The molecule has 3 aromatic heterocycles. The molecule has 4 heterocycles. The van der Waals surface area contributed by atoms with E-state index in [1.807, 2.05) is 64.2 Å². The van der Waals surface area contributed by atoms with Crippen molar-refractivity contribution in [2.75, 3.05) is 49.6 Å². The third-order valence-corrected chi connectivity index (χ3v) is 7.95. The molecule has 0 spiro atoms. The molecule has 5 aromatic rings. The number of piperazine rings is 1. The quantitative estimate of drug-likeness (QED) is 0.254. The fraction of sp³-hybridized carbons (Fsp3) is 0.200. The SMILES string of the molecule is Cc1nc2cc(C(=O)N3CCN(C)CC3)ccn2c1-c1csc(Nc2ccc(C(=O)Nc3ccccc3N)cc2)n1. The number of rotatable bonds is 6. The Balaban J connectivity index is 1.15. The minimum absolute atomic E-state index is 0.0376. The maximum Gasteiger partial charge on any atom is 0.255 e. The summed E-state index contributed by atoms with van der Waals surface area (Å²) in [5.41, 5.74) is 12.2. The van der Waals surface area contributed by atoms with Crippen LogP contribution in [0.15, 0.2) is 72.2 Å². The number of nitrogen functional groups attached to an aromatic ring is 1. The molecular formula is C30H30N8O2S. The molecule has 1 saturated heterocycles. The monoisotopic (exact) mass is 566 g/mol. The summed E-state index contributed by atoms with van der Waals surface area (Å²) < 4.78 is 1.97. The maximum atomic E-state index is 13.1. The Labute approximate surface area is 241 Å². The Hall–Kier alpha value is -4.74. The van der Waals surface area contributed by atoms with E-state index in [1.165, 1.54) is 11.3 Å². The van der Waals surface area contributed by atoms with Gasteiger partial charge in [0.1, 0.15) is 11.3 Å². The summed E-state index contributed by atoms with van der Waals surface area (Å²) in [6.07, 6.45) is 1.90. The number of imidazole rings is 1. The highest BCUT2D eigenvalue weighted by atomic mass is 32.1. The molecule has 0 radical (unpaired) electrons. The van der Waals surface area contributed by atoms with Crippen molar-refractivity contribution in [2.24, 2.45) is 0 Å². The van der Waals surface area contributed by atoms with Crippen LogP contribution in [0.25, 0.3) is 17.0 Å². The lowest BCUT2D eigenvalue weighted by Gasteiger charge is -2.32. The molecule has 0 saturated carbocycles. The number of anilines is 4. The van der Waals surface area contributed by atoms with E-state index in [4.69, 9.17) is 15.7 Å². The first-order chi connectivity index (χ1) is 19.9. The van der Waals surface area contributed by atoms with Crippen LogP contribution in [0.3, 0.4) is 0 Å². The number of nitrogens with zero attached hydrogens (tertiary/aromatic N) is 5. The lowest BCUT2D eigenvalue weighted by atomic mass is 10.2. The van der Waals surface area contributed by atoms with E-state index in [-0.39, 0.29) is 11.8 Å². The van der Waals surface area contributed by atoms with Gasteiger partial charge >= 0.3 is 0 Å². The number of nitrogens with one attached hydrogen (secondary N) is 2. The predicted octanol–water partition coefficient (Wildman–Crippen LogP) is 4.73. The Bertz CT molecular complexity index is 1740. The van der Waals surface area contributed by atoms with E-state index >= 15 is 0 Å². The molecule has 1 fully saturated rings. The normalized spacial score (nSPS) is 13.9. The molecule has 6 rings (SSSR count). The number of carbonyl (C=O) groups excluding carboxylic acids is 2. The summed E-state index contributed by atoms with van der Waals surface area (Å²) in [5, 5.41) is 8.84. The Morgan fingerprint density at radius 3 is 2.46 bits per heavy atom. The number of aryl methyl sites for hydroxylation is 1. The summed E-state index contributed by atoms with van der Waals surface area (Å²) in [4.78, 5) is 39.3. The van der Waals surface area contributed by atoms with Gasteiger partial charge in [-0.05, 0) is 62.5 Å². The molecule has 0 aliphatic carbocycles. The van der Waals surface area contributed by atoms with E-state index in [0.29, 0.717) is 33.3 Å². The van der Waals surface area contributed by atoms with Gasteiger partial charge in [-0.2, -0.15) is 0 Å². The van der Waals surface area contributed by atoms with Crippen LogP contribution in [0.5, 0.6) is 0 Å². The van der Waals surface area contributed by atoms with Gasteiger partial charge in [-0.15, -0.1) is 11.3 Å². The van der Waals surface area contributed by atoms with Crippen molar-refractivity contribution < 1.29 is 9.59 Å². The van der Waals surface area contributed by atoms with E-state index in [2.05, 4.69) is 22.6 Å². The van der Waals surface area contributed by atoms with Gasteiger partial charge in [0.25, 0.3) is 11.8 Å². The third-order valence-electron chi connectivity index (χ3n) is 7.19. The number of benzene rings is 2. The second-order valence-electron chi connectivity index (χ2n) is 10.1. The van der Waals surface area contributed by atoms with Gasteiger partial charge < -0.3 is 26.2 Å². The lowest BCUT2D eigenvalue weighted by molar-refractivity contribution is 0.0664. The van der Waals surface area contributed by atoms with Crippen molar-refractivity contribution in [2.45, 2.75) is 6.92 Å². The van der Waals surface area contributed by atoms with Crippen molar-refractivity contribution in [1.82, 2.24) is 24.2 Å². The van der Waals surface area contributed by atoms with Crippen LogP contribution in [0.2, 0.25) is 0 Å². The molecular weight excluding hydrogens is 536 g/mol. The van der Waals surface area contributed by atoms with Crippen LogP contribution in [0, 0.1) is 6.92 Å². The number of nitrogens with two attached hydrogens (primary N) is 1. The number of likely N-dealkylation sites (N-methyl/N-ethyl adjacent to an activating group) is 1. The Morgan fingerprint density at radius 1 is 0.951 bits per heavy atom. The molecule has 208 valence electrons. The molecule has 1 aliphatic heterocycles. The minimum Gasteiger partial charge on any atom is -0.397 e. The van der Waals surface area contributed by atoms with Crippen LogP contribution in [-0.2, 0) is 0 Å². The van der Waals surface area contributed by atoms with E-state index < -0.39 is 0 Å². The topological polar surface area (TPSA) is 121 Å². The van der Waals surface area contributed by atoms with Crippen molar-refractivity contribution in [3.8, 4) is 11.4 Å². The van der Waals surface area contributed by atoms with Crippen LogP contribution < -0.4 is 16.4 Å². The lowest BCUT2D eigenvalue weighted by Crippen LogP contribution is -2.47. The van der Waals surface area contributed by atoms with Gasteiger partial charge in [0.2, 0.25) is 0 Å². The van der Waals surface area contributed by atoms with Crippen molar-refractivity contribution >= 4 is 51.0 Å². The molecule has 2 amide bonds. The molecule has 2 aromatic carbocycles. The van der Waals surface area contributed by atoms with Crippen molar-refractivity contribution in [3.05, 3.63) is 89.1 Å². The average molecular weight is 567 g/mol. The third kappa shape index (κ3) is 5.49. The second-order valence-corrected chi connectivity index (χ2v) is 10.9. The van der Waals surface area contributed by atoms with E-state index in [0.717, 1.165) is 48.9 Å². The molecule has 11 heteroatoms. The van der Waals surface area contributed by atoms with Gasteiger partial charge in [0, 0.05) is 54.6 Å². The molecule has 0 atom stereocenters. The summed E-state index contributed by atoms with van der Waals surface area (Å²) >= 11 is 1.48. The van der Waals surface area contributed by atoms with Crippen LogP contribution in [0.4, 0.5) is 22.2 Å². The van der Waals surface area contributed by atoms with Gasteiger partial charge in [0.15, 0.2) is 5.13 Å². The van der Waals surface area contributed by atoms with E-state index in [1.54, 1.807) is 24.3 Å². The van der Waals surface area contributed by atoms with Crippen molar-refractivity contribution in [3.63, 3.8) is 0 Å². The van der Waals surface area contributed by atoms with Gasteiger partial charge in [0.05, 0.1) is 22.8 Å². The first-order valence-electron chi connectivity index (χ1n) is 13.3. The number of thiazole rings is 1. The second kappa shape index (κ2) is 11.0. The van der Waals surface area contributed by atoms with Gasteiger partial charge in [-0.1, -0.05) is 12.1 Å². The molecule has 4 N–H and O–H groups in total. The Morgan fingerprint density at radius 2 is 1.71 bits per heavy atom. The fourth-order valence-corrected chi connectivity index (χ4v) is 5.59. The standard InChI is InChI=1S/C30H30N8O2S/c1-19-27(38-12-11-21(17-26(38)32-19)29(40)37-15-13-36(2)14-16-37)25-18-41-30(35-25)33-22-9-7-20(8-10-22)28(39)34-24-6-4-3-5-23(24)31/h3-12,17-18H,13-16,31H2,1-2H3,(H,33,35)(H,34,39). The smallest absolute Gasteiger partial charge is 0.255 e. The fourth-order valence-electron chi connectivity index (χ4n) is 4.87. The number of fused-ring (bicyclic) bond motifs is 1. The summed E-state index contributed by atoms with van der Waals surface area (Å²) in [6, 6.07) is 18.0. The first-order valence-corrected chi connectivity index (χ1v) is 14.2. The number of pyridine rings is 1.